The van der Waals surface area contributed by atoms with Crippen molar-refractivity contribution < 1.29 is 4.79 Å². The van der Waals surface area contributed by atoms with E-state index < -0.39 is 0 Å². The number of rotatable bonds is 3. The molecule has 0 saturated heterocycles. The number of nitrogens with one attached hydrogen (secondary N) is 1. The highest BCUT2D eigenvalue weighted by Crippen LogP contribution is 2.34. The number of hydrogen-bond donors (Lipinski definition) is 1. The average Bonchev–Trinajstić information content (AvgIpc) is 2.21. The minimum Gasteiger partial charge on any atom is -0.323 e. The summed E-state index contributed by atoms with van der Waals surface area (Å²) < 4.78 is 2.60. The van der Waals surface area contributed by atoms with E-state index >= 15 is 0 Å². The van der Waals surface area contributed by atoms with Crippen molar-refractivity contribution in [2.45, 2.75) is 18.7 Å². The minimum absolute atomic E-state index is 0.0521. The fourth-order valence-electron chi connectivity index (χ4n) is 1.16. The lowest BCUT2D eigenvalue weighted by Crippen LogP contribution is -2.27. The normalized spacial score (nSPS) is 12.6. The van der Waals surface area contributed by atoms with Crippen LogP contribution in [0.3, 0.4) is 0 Å². The van der Waals surface area contributed by atoms with Gasteiger partial charge in [0.25, 0.3) is 0 Å². The van der Waals surface area contributed by atoms with Gasteiger partial charge in [0.1, 0.15) is 0 Å². The molecule has 1 unspecified atom stereocenters. The first-order chi connectivity index (χ1) is 7.82. The van der Waals surface area contributed by atoms with Crippen LogP contribution < -0.4 is 5.32 Å². The number of halogens is 4. The molecule has 1 N–H and O–H groups in total. The lowest BCUT2D eigenvalue weighted by Gasteiger charge is -2.16. The molecule has 2 nitrogen and oxygen atoms in total. The van der Waals surface area contributed by atoms with Gasteiger partial charge < -0.3 is 5.32 Å². The van der Waals surface area contributed by atoms with Crippen LogP contribution in [0.4, 0.5) is 5.69 Å². The number of carbonyl (C=O) groups is 1. The van der Waals surface area contributed by atoms with E-state index in [0.717, 1.165) is 19.1 Å². The third kappa shape index (κ3) is 4.33. The number of carbonyl (C=O) groups excluding carboxylic acids is 1. The van der Waals surface area contributed by atoms with Crippen molar-refractivity contribution in [2.24, 2.45) is 5.92 Å². The Bertz CT molecular complexity index is 410. The van der Waals surface area contributed by atoms with Crippen LogP contribution >= 0.6 is 63.7 Å². The third-order valence-corrected chi connectivity index (χ3v) is 5.27. The minimum atomic E-state index is -0.204. The lowest BCUT2D eigenvalue weighted by molar-refractivity contribution is -0.116. The standard InChI is InChI=1S/C11H11Br4NO/c1-5(2)9(15)11(17)16-10-7(13)3-6(12)4-8(10)14/h3-5,9H,1-2H3,(H,16,17). The first-order valence-corrected chi connectivity index (χ1v) is 8.22. The monoisotopic (exact) mass is 489 g/mol. The van der Waals surface area contributed by atoms with Gasteiger partial charge in [0.2, 0.25) is 5.91 Å². The second-order valence-electron chi connectivity index (χ2n) is 3.88. The van der Waals surface area contributed by atoms with Crippen molar-refractivity contribution in [3.8, 4) is 0 Å². The Hall–Kier alpha value is 0.610. The number of anilines is 1. The fourth-order valence-corrected chi connectivity index (χ4v) is 3.73. The second kappa shape index (κ2) is 6.68. The summed E-state index contributed by atoms with van der Waals surface area (Å²) in [6, 6.07) is 3.78. The summed E-state index contributed by atoms with van der Waals surface area (Å²) in [7, 11) is 0. The maximum atomic E-state index is 11.9. The molecule has 94 valence electrons. The molecular formula is C11H11Br4NO. The van der Waals surface area contributed by atoms with Gasteiger partial charge in [-0.25, -0.2) is 0 Å². The van der Waals surface area contributed by atoms with Gasteiger partial charge in [-0.1, -0.05) is 45.7 Å². The van der Waals surface area contributed by atoms with Crippen LogP contribution in [-0.4, -0.2) is 10.7 Å². The fraction of sp³-hybridized carbons (Fsp3) is 0.364. The summed E-state index contributed by atoms with van der Waals surface area (Å²) in [6.07, 6.45) is 0. The van der Waals surface area contributed by atoms with Crippen LogP contribution in [0.5, 0.6) is 0 Å². The Balaban J connectivity index is 2.93. The Kier molecular flexibility index (Phi) is 6.16. The van der Waals surface area contributed by atoms with E-state index in [0.29, 0.717) is 0 Å². The summed E-state index contributed by atoms with van der Waals surface area (Å²) in [4.78, 5) is 11.7. The SMILES string of the molecule is CC(C)C(Br)C(=O)Nc1c(Br)cc(Br)cc1Br. The van der Waals surface area contributed by atoms with Gasteiger partial charge >= 0.3 is 0 Å². The first-order valence-electron chi connectivity index (χ1n) is 4.92. The van der Waals surface area contributed by atoms with Crippen LogP contribution in [0.15, 0.2) is 25.6 Å². The Morgan fingerprint density at radius 3 is 2.06 bits per heavy atom. The zero-order chi connectivity index (χ0) is 13.2. The molecule has 0 aliphatic heterocycles. The molecule has 0 radical (unpaired) electrons. The largest absolute Gasteiger partial charge is 0.323 e. The van der Waals surface area contributed by atoms with Gasteiger partial charge in [0.15, 0.2) is 0 Å². The molecule has 17 heavy (non-hydrogen) atoms. The highest BCUT2D eigenvalue weighted by molar-refractivity contribution is 9.11. The van der Waals surface area contributed by atoms with E-state index in [1.165, 1.54) is 0 Å². The summed E-state index contributed by atoms with van der Waals surface area (Å²) >= 11 is 13.6. The van der Waals surface area contributed by atoms with Gasteiger partial charge in [-0.05, 0) is 49.9 Å². The zero-order valence-electron chi connectivity index (χ0n) is 9.23. The average molecular weight is 493 g/mol. The predicted octanol–water partition coefficient (Wildman–Crippen LogP) is 5.33. The van der Waals surface area contributed by atoms with Crippen LogP contribution in [0.25, 0.3) is 0 Å². The molecule has 1 aromatic carbocycles. The summed E-state index contributed by atoms with van der Waals surface area (Å²) in [6.45, 7) is 3.98. The second-order valence-corrected chi connectivity index (χ2v) is 7.49. The summed E-state index contributed by atoms with van der Waals surface area (Å²) in [5.41, 5.74) is 0.739. The van der Waals surface area contributed by atoms with Crippen LogP contribution in [-0.2, 0) is 4.79 Å². The van der Waals surface area contributed by atoms with Gasteiger partial charge in [-0.2, -0.15) is 0 Å². The molecule has 0 fully saturated rings. The van der Waals surface area contributed by atoms with Crippen LogP contribution in [0.2, 0.25) is 0 Å². The quantitative estimate of drug-likeness (QED) is 0.568. The number of hydrogen-bond acceptors (Lipinski definition) is 1. The van der Waals surface area contributed by atoms with E-state index in [9.17, 15) is 4.79 Å². The highest BCUT2D eigenvalue weighted by atomic mass is 79.9. The zero-order valence-corrected chi connectivity index (χ0v) is 15.6. The van der Waals surface area contributed by atoms with E-state index in [2.05, 4.69) is 69.0 Å². The van der Waals surface area contributed by atoms with Crippen molar-refractivity contribution in [3.63, 3.8) is 0 Å². The summed E-state index contributed by atoms with van der Waals surface area (Å²) in [5.74, 6) is 0.187. The van der Waals surface area contributed by atoms with Crippen molar-refractivity contribution in [1.82, 2.24) is 0 Å². The Morgan fingerprint density at radius 2 is 1.65 bits per heavy atom. The molecule has 0 aliphatic rings. The van der Waals surface area contributed by atoms with E-state index in [4.69, 9.17) is 0 Å². The number of alkyl halides is 1. The molecule has 1 amide bonds. The molecule has 0 aromatic heterocycles. The van der Waals surface area contributed by atoms with Crippen molar-refractivity contribution in [3.05, 3.63) is 25.6 Å². The molecule has 0 aliphatic carbocycles. The topological polar surface area (TPSA) is 29.1 Å². The maximum Gasteiger partial charge on any atom is 0.238 e. The predicted molar refractivity (Wildman–Crippen MR) is 85.7 cm³/mol. The molecule has 1 atom stereocenters. The molecule has 0 heterocycles. The third-order valence-electron chi connectivity index (χ3n) is 2.09. The highest BCUT2D eigenvalue weighted by Gasteiger charge is 2.20. The van der Waals surface area contributed by atoms with Crippen molar-refractivity contribution in [2.75, 3.05) is 5.32 Å². The lowest BCUT2D eigenvalue weighted by atomic mass is 10.1. The van der Waals surface area contributed by atoms with Gasteiger partial charge in [-0.3, -0.25) is 4.79 Å². The smallest absolute Gasteiger partial charge is 0.238 e. The Morgan fingerprint density at radius 1 is 1.18 bits per heavy atom. The molecule has 0 saturated carbocycles. The van der Waals surface area contributed by atoms with Crippen molar-refractivity contribution >= 4 is 75.3 Å². The van der Waals surface area contributed by atoms with E-state index in [1.54, 1.807) is 0 Å². The number of benzene rings is 1. The molecule has 0 bridgehead atoms. The van der Waals surface area contributed by atoms with E-state index in [-0.39, 0.29) is 16.7 Å². The van der Waals surface area contributed by atoms with E-state index in [1.807, 2.05) is 26.0 Å². The van der Waals surface area contributed by atoms with Crippen LogP contribution in [0.1, 0.15) is 13.8 Å². The molecule has 1 rings (SSSR count). The number of amides is 1. The van der Waals surface area contributed by atoms with Crippen LogP contribution in [0, 0.1) is 5.92 Å². The maximum absolute atomic E-state index is 11.9. The first kappa shape index (κ1) is 15.7. The van der Waals surface area contributed by atoms with Gasteiger partial charge in [-0.15, -0.1) is 0 Å². The molecular weight excluding hydrogens is 482 g/mol. The van der Waals surface area contributed by atoms with Gasteiger partial charge in [0.05, 0.1) is 10.5 Å². The molecule has 6 heteroatoms. The van der Waals surface area contributed by atoms with Gasteiger partial charge in [0, 0.05) is 13.4 Å². The molecule has 1 aromatic rings. The molecule has 0 spiro atoms. The Labute approximate surface area is 134 Å². The summed E-state index contributed by atoms with van der Waals surface area (Å²) in [5, 5.41) is 2.89. The van der Waals surface area contributed by atoms with Crippen molar-refractivity contribution in [1.29, 1.82) is 0 Å².